The maximum atomic E-state index is 13.0. The smallest absolute Gasteiger partial charge is 0.338 e. The van der Waals surface area contributed by atoms with Crippen molar-refractivity contribution in [3.63, 3.8) is 0 Å². The largest absolute Gasteiger partial charge is 0.449 e. The minimum absolute atomic E-state index is 0.142. The minimum atomic E-state index is -3.63. The van der Waals surface area contributed by atoms with Gasteiger partial charge in [0.25, 0.3) is 5.91 Å². The van der Waals surface area contributed by atoms with Crippen molar-refractivity contribution < 1.29 is 22.7 Å². The van der Waals surface area contributed by atoms with E-state index in [2.05, 4.69) is 13.8 Å². The summed E-state index contributed by atoms with van der Waals surface area (Å²) in [6.07, 6.45) is 0.0140. The van der Waals surface area contributed by atoms with Crippen molar-refractivity contribution in [2.24, 2.45) is 11.8 Å². The van der Waals surface area contributed by atoms with Gasteiger partial charge in [0.05, 0.1) is 10.5 Å². The van der Waals surface area contributed by atoms with E-state index in [0.29, 0.717) is 30.6 Å². The van der Waals surface area contributed by atoms with Crippen molar-refractivity contribution in [3.8, 4) is 0 Å². The summed E-state index contributed by atoms with van der Waals surface area (Å²) < 4.78 is 32.8. The van der Waals surface area contributed by atoms with Crippen LogP contribution in [0.3, 0.4) is 0 Å². The minimum Gasteiger partial charge on any atom is -0.449 e. The molecule has 0 aromatic heterocycles. The molecule has 3 atom stereocenters. The van der Waals surface area contributed by atoms with Crippen molar-refractivity contribution in [2.75, 3.05) is 25.0 Å². The fourth-order valence-corrected chi connectivity index (χ4v) is 5.72. The molecule has 0 spiro atoms. The van der Waals surface area contributed by atoms with Crippen LogP contribution in [-0.2, 0) is 19.6 Å². The Morgan fingerprint density at radius 2 is 1.56 bits per heavy atom. The Bertz CT molecular complexity index is 1040. The molecule has 0 N–H and O–H groups in total. The molecule has 0 radical (unpaired) electrons. The number of carbonyl (C=O) groups excluding carboxylic acids is 2. The van der Waals surface area contributed by atoms with Gasteiger partial charge in [-0.05, 0) is 61.6 Å². The van der Waals surface area contributed by atoms with Gasteiger partial charge in [-0.15, -0.1) is 0 Å². The summed E-state index contributed by atoms with van der Waals surface area (Å²) >= 11 is 0. The Hall–Kier alpha value is -2.71. The zero-order valence-corrected chi connectivity index (χ0v) is 19.7. The van der Waals surface area contributed by atoms with Gasteiger partial charge in [-0.25, -0.2) is 13.2 Å². The average molecular weight is 459 g/mol. The molecular formula is C24H30N2O5S. The second kappa shape index (κ2) is 9.83. The van der Waals surface area contributed by atoms with Crippen LogP contribution in [0, 0.1) is 11.8 Å². The monoisotopic (exact) mass is 458 g/mol. The Morgan fingerprint density at radius 3 is 2.12 bits per heavy atom. The number of piperidine rings is 1. The lowest BCUT2D eigenvalue weighted by Gasteiger charge is -2.34. The quantitative estimate of drug-likeness (QED) is 0.618. The first-order valence-electron chi connectivity index (χ1n) is 10.7. The van der Waals surface area contributed by atoms with E-state index in [4.69, 9.17) is 4.74 Å². The second-order valence-corrected chi connectivity index (χ2v) is 10.5. The first-order chi connectivity index (χ1) is 15.1. The van der Waals surface area contributed by atoms with Gasteiger partial charge in [0.2, 0.25) is 10.0 Å². The molecular weight excluding hydrogens is 428 g/mol. The number of hydrogen-bond donors (Lipinski definition) is 0. The molecule has 7 nitrogen and oxygen atoms in total. The number of ether oxygens (including phenoxy) is 1. The van der Waals surface area contributed by atoms with E-state index in [1.807, 2.05) is 18.2 Å². The Labute approximate surface area is 190 Å². The lowest BCUT2D eigenvalue weighted by Crippen LogP contribution is -2.42. The molecule has 2 aromatic rings. The van der Waals surface area contributed by atoms with Gasteiger partial charge in [-0.3, -0.25) is 4.79 Å². The van der Waals surface area contributed by atoms with Crippen molar-refractivity contribution in [1.82, 2.24) is 4.31 Å². The lowest BCUT2D eigenvalue weighted by atomic mass is 9.94. The molecule has 3 rings (SSSR count). The van der Waals surface area contributed by atoms with Gasteiger partial charge >= 0.3 is 5.97 Å². The van der Waals surface area contributed by atoms with E-state index in [9.17, 15) is 18.0 Å². The maximum absolute atomic E-state index is 13.0. The third-order valence-electron chi connectivity index (χ3n) is 5.67. The molecule has 1 amide bonds. The SMILES string of the molecule is C[C@@H]1C[C@@H](C)CN(S(=O)(=O)c2ccc(C(=O)O[C@H](C)C(=O)N(C)c3ccccc3)cc2)C1. The van der Waals surface area contributed by atoms with E-state index >= 15 is 0 Å². The number of hydrogen-bond acceptors (Lipinski definition) is 5. The van der Waals surface area contributed by atoms with Gasteiger partial charge in [0.1, 0.15) is 0 Å². The zero-order chi connectivity index (χ0) is 23.5. The van der Waals surface area contributed by atoms with E-state index in [0.717, 1.165) is 6.42 Å². The van der Waals surface area contributed by atoms with Crippen molar-refractivity contribution in [1.29, 1.82) is 0 Å². The fraction of sp³-hybridized carbons (Fsp3) is 0.417. The summed E-state index contributed by atoms with van der Waals surface area (Å²) in [7, 11) is -2.01. The van der Waals surface area contributed by atoms with Crippen LogP contribution < -0.4 is 4.90 Å². The molecule has 0 bridgehead atoms. The molecule has 1 aliphatic heterocycles. The Balaban J connectivity index is 1.66. The number of sulfonamides is 1. The number of amides is 1. The number of para-hydroxylation sites is 1. The number of rotatable bonds is 6. The molecule has 8 heteroatoms. The second-order valence-electron chi connectivity index (χ2n) is 8.57. The van der Waals surface area contributed by atoms with Crippen LogP contribution in [0.15, 0.2) is 59.5 Å². The van der Waals surface area contributed by atoms with Gasteiger partial charge in [0, 0.05) is 25.8 Å². The first-order valence-corrected chi connectivity index (χ1v) is 12.2. The number of benzene rings is 2. The number of nitrogens with zero attached hydrogens (tertiary/aromatic N) is 2. The first kappa shape index (κ1) is 23.9. The molecule has 32 heavy (non-hydrogen) atoms. The third-order valence-corrected chi connectivity index (χ3v) is 7.51. The third kappa shape index (κ3) is 5.37. The fourth-order valence-electron chi connectivity index (χ4n) is 4.04. The Morgan fingerprint density at radius 1 is 1.00 bits per heavy atom. The highest BCUT2D eigenvalue weighted by Crippen LogP contribution is 2.27. The molecule has 0 saturated carbocycles. The number of esters is 1. The number of likely N-dealkylation sites (N-methyl/N-ethyl adjacent to an activating group) is 1. The van der Waals surface area contributed by atoms with E-state index in [-0.39, 0.29) is 16.4 Å². The molecule has 1 saturated heterocycles. The molecule has 1 aliphatic rings. The highest BCUT2D eigenvalue weighted by Gasteiger charge is 2.32. The van der Waals surface area contributed by atoms with E-state index in [1.54, 1.807) is 19.2 Å². The molecule has 0 aliphatic carbocycles. The van der Waals surface area contributed by atoms with Crippen molar-refractivity contribution in [2.45, 2.75) is 38.2 Å². The van der Waals surface area contributed by atoms with E-state index in [1.165, 1.54) is 40.4 Å². The summed E-state index contributed by atoms with van der Waals surface area (Å²) in [5.74, 6) is -0.444. The van der Waals surface area contributed by atoms with Crippen LogP contribution in [0.2, 0.25) is 0 Å². The lowest BCUT2D eigenvalue weighted by molar-refractivity contribution is -0.126. The average Bonchev–Trinajstić information content (AvgIpc) is 2.78. The summed E-state index contributed by atoms with van der Waals surface area (Å²) in [4.78, 5) is 26.7. The van der Waals surface area contributed by atoms with Crippen LogP contribution in [-0.4, -0.2) is 50.8 Å². The summed E-state index contributed by atoms with van der Waals surface area (Å²) in [5, 5.41) is 0. The molecule has 1 heterocycles. The van der Waals surface area contributed by atoms with Crippen LogP contribution in [0.25, 0.3) is 0 Å². The van der Waals surface area contributed by atoms with E-state index < -0.39 is 22.1 Å². The van der Waals surface area contributed by atoms with Gasteiger partial charge < -0.3 is 9.64 Å². The normalized spacial score (nSPS) is 20.4. The number of carbonyl (C=O) groups is 2. The van der Waals surface area contributed by atoms with Crippen LogP contribution in [0.1, 0.15) is 37.6 Å². The molecule has 0 unspecified atom stereocenters. The van der Waals surface area contributed by atoms with Crippen molar-refractivity contribution in [3.05, 3.63) is 60.2 Å². The van der Waals surface area contributed by atoms with Crippen LogP contribution in [0.5, 0.6) is 0 Å². The topological polar surface area (TPSA) is 84.0 Å². The summed E-state index contributed by atoms with van der Waals surface area (Å²) in [6.45, 7) is 6.59. The highest BCUT2D eigenvalue weighted by molar-refractivity contribution is 7.89. The molecule has 172 valence electrons. The Kier molecular flexibility index (Phi) is 7.36. The predicted octanol–water partition coefficient (Wildman–Crippen LogP) is 3.56. The summed E-state index contributed by atoms with van der Waals surface area (Å²) in [5.41, 5.74) is 0.877. The zero-order valence-electron chi connectivity index (χ0n) is 18.9. The predicted molar refractivity (Wildman–Crippen MR) is 123 cm³/mol. The maximum Gasteiger partial charge on any atom is 0.338 e. The molecule has 1 fully saturated rings. The molecule has 2 aromatic carbocycles. The van der Waals surface area contributed by atoms with Crippen molar-refractivity contribution >= 4 is 27.6 Å². The summed E-state index contributed by atoms with van der Waals surface area (Å²) in [6, 6.07) is 14.7. The standard InChI is InChI=1S/C24H30N2O5S/c1-17-14-18(2)16-26(15-17)32(29,30)22-12-10-20(11-13-22)24(28)31-19(3)23(27)25(4)21-8-6-5-7-9-21/h5-13,17-19H,14-16H2,1-4H3/t17-,18-,19-/m1/s1. The van der Waals surface area contributed by atoms with Gasteiger partial charge in [0.15, 0.2) is 6.10 Å². The van der Waals surface area contributed by atoms with Gasteiger partial charge in [-0.1, -0.05) is 32.0 Å². The van der Waals surface area contributed by atoms with Crippen LogP contribution >= 0.6 is 0 Å². The van der Waals surface area contributed by atoms with Crippen LogP contribution in [0.4, 0.5) is 5.69 Å². The highest BCUT2D eigenvalue weighted by atomic mass is 32.2. The number of anilines is 1. The van der Waals surface area contributed by atoms with Gasteiger partial charge in [-0.2, -0.15) is 4.31 Å².